The van der Waals surface area contributed by atoms with Gasteiger partial charge in [-0.25, -0.2) is 0 Å². The Labute approximate surface area is 106 Å². The van der Waals surface area contributed by atoms with Gasteiger partial charge in [-0.2, -0.15) is 0 Å². The van der Waals surface area contributed by atoms with E-state index in [9.17, 15) is 0 Å². The Balaban J connectivity index is 2.03. The average molecular weight is 239 g/mol. The van der Waals surface area contributed by atoms with Gasteiger partial charge in [0, 0.05) is 18.6 Å². The molecule has 0 bridgehead atoms. The van der Waals surface area contributed by atoms with Crippen LogP contribution in [0.25, 0.3) is 0 Å². The zero-order chi connectivity index (χ0) is 12.3. The number of nitrogens with two attached hydrogens (primary N) is 1. The predicted molar refractivity (Wildman–Crippen MR) is 73.1 cm³/mol. The van der Waals surface area contributed by atoms with Gasteiger partial charge in [-0.05, 0) is 57.8 Å². The van der Waals surface area contributed by atoms with Crippen molar-refractivity contribution in [2.75, 3.05) is 39.3 Å². The molecule has 0 radical (unpaired) electrons. The van der Waals surface area contributed by atoms with Crippen molar-refractivity contribution in [1.29, 1.82) is 0 Å². The van der Waals surface area contributed by atoms with Crippen LogP contribution in [0.2, 0.25) is 0 Å². The minimum absolute atomic E-state index is 0.314. The van der Waals surface area contributed by atoms with Crippen LogP contribution in [-0.2, 0) is 0 Å². The molecule has 0 spiro atoms. The van der Waals surface area contributed by atoms with Crippen molar-refractivity contribution in [3.8, 4) is 0 Å². The zero-order valence-electron chi connectivity index (χ0n) is 11.6. The van der Waals surface area contributed by atoms with Crippen LogP contribution in [0.3, 0.4) is 0 Å². The van der Waals surface area contributed by atoms with Crippen molar-refractivity contribution < 1.29 is 0 Å². The average Bonchev–Trinajstić information content (AvgIpc) is 2.67. The fourth-order valence-corrected chi connectivity index (χ4v) is 3.57. The summed E-state index contributed by atoms with van der Waals surface area (Å²) < 4.78 is 0. The molecule has 0 amide bonds. The maximum absolute atomic E-state index is 6.16. The molecule has 2 saturated heterocycles. The first-order chi connectivity index (χ1) is 8.20. The van der Waals surface area contributed by atoms with Crippen molar-refractivity contribution in [2.24, 2.45) is 11.7 Å². The summed E-state index contributed by atoms with van der Waals surface area (Å²) in [5.74, 6) is 0.865. The first-order valence-electron chi connectivity index (χ1n) is 7.37. The summed E-state index contributed by atoms with van der Waals surface area (Å²) in [6.07, 6.45) is 5.24. The molecular weight excluding hydrogens is 210 g/mol. The third-order valence-electron chi connectivity index (χ3n) is 4.93. The van der Waals surface area contributed by atoms with E-state index in [-0.39, 0.29) is 0 Å². The van der Waals surface area contributed by atoms with E-state index in [4.69, 9.17) is 5.73 Å². The molecule has 2 fully saturated rings. The molecule has 2 aliphatic heterocycles. The Kier molecular flexibility index (Phi) is 4.45. The summed E-state index contributed by atoms with van der Waals surface area (Å²) >= 11 is 0. The maximum Gasteiger partial charge on any atom is 0.0344 e. The molecule has 0 aromatic carbocycles. The minimum Gasteiger partial charge on any atom is -0.329 e. The molecule has 2 N–H and O–H groups in total. The van der Waals surface area contributed by atoms with Gasteiger partial charge in [-0.3, -0.25) is 4.90 Å². The Hall–Kier alpha value is -0.120. The standard InChI is InChI=1S/C14H29N3/c1-3-16-8-4-6-14(12-15,7-10-16)17-9-5-13(2)11-17/h13H,3-12,15H2,1-2H3. The summed E-state index contributed by atoms with van der Waals surface area (Å²) in [7, 11) is 0. The van der Waals surface area contributed by atoms with Gasteiger partial charge in [0.25, 0.3) is 0 Å². The summed E-state index contributed by atoms with van der Waals surface area (Å²) in [4.78, 5) is 5.29. The second kappa shape index (κ2) is 5.68. The van der Waals surface area contributed by atoms with Gasteiger partial charge in [-0.15, -0.1) is 0 Å². The molecule has 2 atom stereocenters. The number of likely N-dealkylation sites (tertiary alicyclic amines) is 2. The van der Waals surface area contributed by atoms with Crippen LogP contribution >= 0.6 is 0 Å². The highest BCUT2D eigenvalue weighted by Gasteiger charge is 2.39. The van der Waals surface area contributed by atoms with Gasteiger partial charge in [0.2, 0.25) is 0 Å². The Morgan fingerprint density at radius 2 is 2.06 bits per heavy atom. The number of rotatable bonds is 3. The lowest BCUT2D eigenvalue weighted by atomic mass is 9.88. The van der Waals surface area contributed by atoms with Crippen molar-refractivity contribution in [3.63, 3.8) is 0 Å². The number of hydrogen-bond acceptors (Lipinski definition) is 3. The van der Waals surface area contributed by atoms with E-state index in [1.165, 1.54) is 58.4 Å². The van der Waals surface area contributed by atoms with E-state index in [1.807, 2.05) is 0 Å². The molecule has 3 heteroatoms. The summed E-state index contributed by atoms with van der Waals surface area (Å²) in [6, 6.07) is 0. The molecule has 0 aromatic rings. The molecule has 3 nitrogen and oxygen atoms in total. The van der Waals surface area contributed by atoms with Crippen LogP contribution in [0.15, 0.2) is 0 Å². The van der Waals surface area contributed by atoms with Gasteiger partial charge in [-0.1, -0.05) is 13.8 Å². The third-order valence-corrected chi connectivity index (χ3v) is 4.93. The van der Waals surface area contributed by atoms with Crippen molar-refractivity contribution >= 4 is 0 Å². The Bertz CT molecular complexity index is 244. The van der Waals surface area contributed by atoms with E-state index < -0.39 is 0 Å². The number of nitrogens with zero attached hydrogens (tertiary/aromatic N) is 2. The molecule has 2 heterocycles. The molecule has 2 aliphatic rings. The van der Waals surface area contributed by atoms with E-state index in [0.29, 0.717) is 5.54 Å². The normalized spacial score (nSPS) is 37.2. The topological polar surface area (TPSA) is 32.5 Å². The third kappa shape index (κ3) is 2.83. The molecule has 2 rings (SSSR count). The molecular formula is C14H29N3. The molecule has 0 aromatic heterocycles. The van der Waals surface area contributed by atoms with E-state index in [2.05, 4.69) is 23.6 Å². The van der Waals surface area contributed by atoms with Crippen molar-refractivity contribution in [1.82, 2.24) is 9.80 Å². The van der Waals surface area contributed by atoms with Gasteiger partial charge in [0.15, 0.2) is 0 Å². The van der Waals surface area contributed by atoms with Gasteiger partial charge in [0.05, 0.1) is 0 Å². The first kappa shape index (κ1) is 13.3. The summed E-state index contributed by atoms with van der Waals surface area (Å²) in [5.41, 5.74) is 6.47. The highest BCUT2D eigenvalue weighted by molar-refractivity contribution is 4.97. The fraction of sp³-hybridized carbons (Fsp3) is 1.00. The largest absolute Gasteiger partial charge is 0.329 e. The van der Waals surface area contributed by atoms with E-state index >= 15 is 0 Å². The molecule has 2 unspecified atom stereocenters. The second-order valence-electron chi connectivity index (χ2n) is 6.06. The van der Waals surface area contributed by atoms with Gasteiger partial charge >= 0.3 is 0 Å². The molecule has 17 heavy (non-hydrogen) atoms. The molecule has 100 valence electrons. The number of hydrogen-bond donors (Lipinski definition) is 1. The van der Waals surface area contributed by atoms with Crippen LogP contribution < -0.4 is 5.73 Å². The van der Waals surface area contributed by atoms with Crippen LogP contribution in [0.5, 0.6) is 0 Å². The maximum atomic E-state index is 6.16. The lowest BCUT2D eigenvalue weighted by Crippen LogP contribution is -2.53. The highest BCUT2D eigenvalue weighted by Crippen LogP contribution is 2.32. The zero-order valence-corrected chi connectivity index (χ0v) is 11.6. The fourth-order valence-electron chi connectivity index (χ4n) is 3.57. The van der Waals surface area contributed by atoms with Crippen LogP contribution in [0, 0.1) is 5.92 Å². The highest BCUT2D eigenvalue weighted by atomic mass is 15.2. The quantitative estimate of drug-likeness (QED) is 0.811. The van der Waals surface area contributed by atoms with Crippen molar-refractivity contribution in [3.05, 3.63) is 0 Å². The lowest BCUT2D eigenvalue weighted by Gasteiger charge is -2.41. The van der Waals surface area contributed by atoms with Crippen molar-refractivity contribution in [2.45, 2.75) is 45.1 Å². The Morgan fingerprint density at radius 1 is 1.24 bits per heavy atom. The Morgan fingerprint density at radius 3 is 2.65 bits per heavy atom. The smallest absolute Gasteiger partial charge is 0.0344 e. The van der Waals surface area contributed by atoms with E-state index in [0.717, 1.165) is 12.5 Å². The minimum atomic E-state index is 0.314. The summed E-state index contributed by atoms with van der Waals surface area (Å²) in [5, 5.41) is 0. The molecule has 0 saturated carbocycles. The van der Waals surface area contributed by atoms with Crippen LogP contribution in [0.1, 0.15) is 39.5 Å². The van der Waals surface area contributed by atoms with Gasteiger partial charge < -0.3 is 10.6 Å². The molecule has 0 aliphatic carbocycles. The second-order valence-corrected chi connectivity index (χ2v) is 6.06. The van der Waals surface area contributed by atoms with Crippen LogP contribution in [0.4, 0.5) is 0 Å². The predicted octanol–water partition coefficient (Wildman–Crippen LogP) is 1.53. The monoisotopic (exact) mass is 239 g/mol. The lowest BCUT2D eigenvalue weighted by molar-refractivity contribution is 0.101. The SMILES string of the molecule is CCN1CCCC(CN)(N2CCC(C)C2)CC1. The summed E-state index contributed by atoms with van der Waals surface area (Å²) in [6.45, 7) is 11.7. The van der Waals surface area contributed by atoms with Crippen LogP contribution in [-0.4, -0.2) is 54.6 Å². The van der Waals surface area contributed by atoms with Gasteiger partial charge in [0.1, 0.15) is 0 Å². The first-order valence-corrected chi connectivity index (χ1v) is 7.37. The van der Waals surface area contributed by atoms with E-state index in [1.54, 1.807) is 0 Å².